The predicted octanol–water partition coefficient (Wildman–Crippen LogP) is 3.89. The van der Waals surface area contributed by atoms with Crippen LogP contribution in [0, 0.1) is 5.92 Å². The minimum Gasteiger partial charge on any atom is -0.483 e. The van der Waals surface area contributed by atoms with Crippen LogP contribution in [0.1, 0.15) is 65.0 Å². The quantitative estimate of drug-likeness (QED) is 0.480. The van der Waals surface area contributed by atoms with Crippen molar-refractivity contribution in [1.82, 2.24) is 14.4 Å². The van der Waals surface area contributed by atoms with E-state index in [2.05, 4.69) is 0 Å². The number of hydrogen-bond donors (Lipinski definition) is 0. The van der Waals surface area contributed by atoms with Crippen molar-refractivity contribution in [1.29, 1.82) is 0 Å². The molecule has 11 nitrogen and oxygen atoms in total. The van der Waals surface area contributed by atoms with E-state index in [1.54, 1.807) is 31.9 Å². The molecule has 2 bridgehead atoms. The summed E-state index contributed by atoms with van der Waals surface area (Å²) in [6.07, 6.45) is 6.18. The van der Waals surface area contributed by atoms with Crippen molar-refractivity contribution in [2.75, 3.05) is 27.5 Å². The van der Waals surface area contributed by atoms with Crippen LogP contribution < -0.4 is 4.74 Å². The number of piperazine rings is 1. The van der Waals surface area contributed by atoms with Crippen LogP contribution in [0.5, 0.6) is 5.75 Å². The maximum absolute atomic E-state index is 14.6. The topological polar surface area (TPSA) is 117 Å². The highest BCUT2D eigenvalue weighted by Gasteiger charge is 2.74. The van der Waals surface area contributed by atoms with E-state index in [0.29, 0.717) is 47.2 Å². The molecular weight excluding hydrogens is 554 g/mol. The molecule has 11 heteroatoms. The van der Waals surface area contributed by atoms with E-state index in [0.717, 1.165) is 0 Å². The van der Waals surface area contributed by atoms with Gasteiger partial charge in [-0.2, -0.15) is 0 Å². The van der Waals surface area contributed by atoms with E-state index in [4.69, 9.17) is 18.9 Å². The number of rotatable bonds is 5. The molecule has 0 saturated carbocycles. The largest absolute Gasteiger partial charge is 0.483 e. The van der Waals surface area contributed by atoms with Crippen LogP contribution in [0.25, 0.3) is 17.0 Å². The number of aromatic nitrogens is 1. The van der Waals surface area contributed by atoms with Crippen molar-refractivity contribution in [3.8, 4) is 5.75 Å². The number of piperidine rings is 2. The normalized spacial score (nSPS) is 27.3. The van der Waals surface area contributed by atoms with Crippen LogP contribution in [-0.2, 0) is 35.0 Å². The van der Waals surface area contributed by atoms with Gasteiger partial charge in [-0.05, 0) is 83.7 Å². The monoisotopic (exact) mass is 593 g/mol. The van der Waals surface area contributed by atoms with Gasteiger partial charge in [0.25, 0.3) is 11.8 Å². The van der Waals surface area contributed by atoms with Gasteiger partial charge in [-0.15, -0.1) is 0 Å². The third-order valence-corrected chi connectivity index (χ3v) is 9.21. The Bertz CT molecular complexity index is 1580. The summed E-state index contributed by atoms with van der Waals surface area (Å²) in [5.74, 6) is -1.40. The number of nitrogens with zero attached hydrogens (tertiary/aromatic N) is 3. The second kappa shape index (κ2) is 9.57. The fraction of sp³-hybridized carbons (Fsp3) is 0.562. The molecule has 1 aromatic carbocycles. The highest BCUT2D eigenvalue weighted by molar-refractivity contribution is 6.08. The van der Waals surface area contributed by atoms with Crippen molar-refractivity contribution >= 4 is 40.9 Å². The Kier molecular flexibility index (Phi) is 6.50. The summed E-state index contributed by atoms with van der Waals surface area (Å²) >= 11 is 0. The van der Waals surface area contributed by atoms with Gasteiger partial charge in [-0.3, -0.25) is 19.0 Å². The molecule has 5 aliphatic heterocycles. The third kappa shape index (κ3) is 4.18. The number of amides is 2. The summed E-state index contributed by atoms with van der Waals surface area (Å²) < 4.78 is 24.2. The molecule has 2 unspecified atom stereocenters. The summed E-state index contributed by atoms with van der Waals surface area (Å²) in [6, 6.07) is 3.69. The van der Waals surface area contributed by atoms with Gasteiger partial charge in [0.2, 0.25) is 0 Å². The van der Waals surface area contributed by atoms with Gasteiger partial charge in [0.05, 0.1) is 18.5 Å². The SMILES string of the molecule is COCN1C(=O)[C@]23CCCN2C(=O)C1(Cc1cn(C(=O)OC(C)(C)C)c2c4c(ccc12)OC(C)(C)C=C4)C(C(=O)OC)C3. The molecule has 3 atom stereocenters. The number of fused-ring (bicyclic) bond motifs is 5. The van der Waals surface area contributed by atoms with Gasteiger partial charge in [-0.1, -0.05) is 0 Å². The van der Waals surface area contributed by atoms with Crippen LogP contribution in [0.3, 0.4) is 0 Å². The highest BCUT2D eigenvalue weighted by atomic mass is 16.6. The van der Waals surface area contributed by atoms with E-state index in [1.165, 1.54) is 23.7 Å². The molecule has 7 rings (SSSR count). The molecule has 4 saturated heterocycles. The molecule has 2 amide bonds. The third-order valence-electron chi connectivity index (χ3n) is 9.21. The van der Waals surface area contributed by atoms with Crippen molar-refractivity contribution in [3.05, 3.63) is 35.5 Å². The number of methoxy groups -OCH3 is 2. The van der Waals surface area contributed by atoms with E-state index in [9.17, 15) is 19.2 Å². The van der Waals surface area contributed by atoms with Crippen molar-refractivity contribution in [3.63, 3.8) is 0 Å². The average molecular weight is 594 g/mol. The number of benzene rings is 1. The van der Waals surface area contributed by atoms with Crippen molar-refractivity contribution in [2.24, 2.45) is 5.92 Å². The van der Waals surface area contributed by atoms with Gasteiger partial charge < -0.3 is 28.7 Å². The molecule has 5 aliphatic rings. The van der Waals surface area contributed by atoms with Gasteiger partial charge in [0, 0.05) is 37.2 Å². The minimum atomic E-state index is -1.61. The van der Waals surface area contributed by atoms with Crippen molar-refractivity contribution < 1.29 is 38.1 Å². The van der Waals surface area contributed by atoms with Crippen molar-refractivity contribution in [2.45, 2.75) is 82.6 Å². The number of hydrogen-bond acceptors (Lipinski definition) is 8. The predicted molar refractivity (Wildman–Crippen MR) is 156 cm³/mol. The first kappa shape index (κ1) is 29.2. The highest BCUT2D eigenvalue weighted by Crippen LogP contribution is 2.55. The maximum atomic E-state index is 14.6. The van der Waals surface area contributed by atoms with E-state index < -0.39 is 40.3 Å². The van der Waals surface area contributed by atoms with Gasteiger partial charge in [-0.25, -0.2) is 4.79 Å². The molecule has 6 heterocycles. The fourth-order valence-corrected chi connectivity index (χ4v) is 7.48. The first-order valence-corrected chi connectivity index (χ1v) is 14.7. The Morgan fingerprint density at radius 3 is 2.53 bits per heavy atom. The lowest BCUT2D eigenvalue weighted by molar-refractivity contribution is -0.209. The Morgan fingerprint density at radius 2 is 1.86 bits per heavy atom. The maximum Gasteiger partial charge on any atom is 0.419 e. The number of carbonyl (C=O) groups excluding carboxylic acids is 4. The molecule has 1 aromatic heterocycles. The summed E-state index contributed by atoms with van der Waals surface area (Å²) in [7, 11) is 2.75. The van der Waals surface area contributed by atoms with E-state index in [1.807, 2.05) is 38.1 Å². The smallest absolute Gasteiger partial charge is 0.419 e. The number of ether oxygens (including phenoxy) is 4. The number of esters is 1. The molecular formula is C32H39N3O8. The van der Waals surface area contributed by atoms with Crippen LogP contribution in [0.4, 0.5) is 4.79 Å². The molecule has 0 radical (unpaired) electrons. The van der Waals surface area contributed by atoms with Gasteiger partial charge >= 0.3 is 12.1 Å². The summed E-state index contributed by atoms with van der Waals surface area (Å²) in [4.78, 5) is 58.9. The Labute approximate surface area is 250 Å². The lowest BCUT2D eigenvalue weighted by Crippen LogP contribution is -2.83. The second-order valence-electron chi connectivity index (χ2n) is 13.5. The Hall–Kier alpha value is -3.86. The number of carbonyl (C=O) groups is 4. The van der Waals surface area contributed by atoms with Crippen LogP contribution in [0.15, 0.2) is 24.4 Å². The molecule has 43 heavy (non-hydrogen) atoms. The lowest BCUT2D eigenvalue weighted by atomic mass is 9.62. The molecule has 230 valence electrons. The Balaban J connectivity index is 1.58. The summed E-state index contributed by atoms with van der Waals surface area (Å²) in [5, 5.41) is 0.678. The van der Waals surface area contributed by atoms with Crippen LogP contribution in [0.2, 0.25) is 0 Å². The first-order chi connectivity index (χ1) is 20.2. The molecule has 2 aromatic rings. The van der Waals surface area contributed by atoms with Crippen LogP contribution in [-0.4, -0.2) is 88.0 Å². The van der Waals surface area contributed by atoms with Gasteiger partial charge in [0.1, 0.15) is 34.8 Å². The zero-order valence-corrected chi connectivity index (χ0v) is 25.8. The average Bonchev–Trinajstić information content (AvgIpc) is 3.53. The summed E-state index contributed by atoms with van der Waals surface area (Å²) in [5.41, 5.74) is -2.16. The standard InChI is InChI=1S/C32H39N3O8/c1-29(2,3)43-28(39)33-17-19(20-9-10-23-21(24(20)33)11-13-30(4,5)42-23)15-32-22(25(36)41-7)16-31(26(37)35(32)18-40-6)12-8-14-34(31)27(32)38/h9-11,13,17,22H,8,12,14-16,18H2,1-7H3/t22?,31-,32?/m1/s1. The molecule has 1 spiro atoms. The minimum absolute atomic E-state index is 0.0333. The van der Waals surface area contributed by atoms with E-state index >= 15 is 0 Å². The zero-order valence-electron chi connectivity index (χ0n) is 25.8. The molecule has 0 N–H and O–H groups in total. The Morgan fingerprint density at radius 1 is 1.12 bits per heavy atom. The van der Waals surface area contributed by atoms with Crippen LogP contribution >= 0.6 is 0 Å². The zero-order chi connectivity index (χ0) is 31.1. The molecule has 0 aliphatic carbocycles. The lowest BCUT2D eigenvalue weighted by Gasteiger charge is -2.62. The fourth-order valence-electron chi connectivity index (χ4n) is 7.48. The van der Waals surface area contributed by atoms with E-state index in [-0.39, 0.29) is 31.4 Å². The molecule has 4 fully saturated rings. The van der Waals surface area contributed by atoms with Gasteiger partial charge in [0.15, 0.2) is 0 Å². The second-order valence-corrected chi connectivity index (χ2v) is 13.5. The summed E-state index contributed by atoms with van der Waals surface area (Å²) in [6.45, 7) is 9.52. The first-order valence-electron chi connectivity index (χ1n) is 14.7.